The largest absolute Gasteiger partial charge is 0.490 e. The highest BCUT2D eigenvalue weighted by Crippen LogP contribution is 2.32. The van der Waals surface area contributed by atoms with Crippen LogP contribution in [0.3, 0.4) is 0 Å². The highest BCUT2D eigenvalue weighted by Gasteiger charge is 2.11. The van der Waals surface area contributed by atoms with Gasteiger partial charge in [0.05, 0.1) is 13.2 Å². The maximum atomic E-state index is 11.4. The van der Waals surface area contributed by atoms with Crippen molar-refractivity contribution in [3.63, 3.8) is 0 Å². The first-order chi connectivity index (χ1) is 8.29. The van der Waals surface area contributed by atoms with Gasteiger partial charge in [-0.3, -0.25) is 0 Å². The number of fused-ring (bicyclic) bond motifs is 1. The Morgan fingerprint density at radius 1 is 1.29 bits per heavy atom. The van der Waals surface area contributed by atoms with Gasteiger partial charge in [-0.05, 0) is 19.1 Å². The maximum absolute atomic E-state index is 11.4. The van der Waals surface area contributed by atoms with Crippen molar-refractivity contribution in [3.8, 4) is 11.5 Å². The normalized spacial score (nSPS) is 13.7. The SMILES string of the molecule is CCNC(=O)Nc1ccc2c(c1)OCCCO2. The summed E-state index contributed by atoms with van der Waals surface area (Å²) in [5.41, 5.74) is 0.695. The van der Waals surface area contributed by atoms with Crippen molar-refractivity contribution in [3.05, 3.63) is 18.2 Å². The smallest absolute Gasteiger partial charge is 0.319 e. The molecule has 0 saturated heterocycles. The predicted octanol–water partition coefficient (Wildman–Crippen LogP) is 1.99. The van der Waals surface area contributed by atoms with E-state index in [1.54, 1.807) is 12.1 Å². The molecule has 0 bridgehead atoms. The minimum Gasteiger partial charge on any atom is -0.490 e. The monoisotopic (exact) mass is 236 g/mol. The Hall–Kier alpha value is -1.91. The Kier molecular flexibility index (Phi) is 3.69. The molecule has 2 N–H and O–H groups in total. The topological polar surface area (TPSA) is 59.6 Å². The fourth-order valence-electron chi connectivity index (χ4n) is 1.58. The number of anilines is 1. The molecule has 0 aliphatic carbocycles. The summed E-state index contributed by atoms with van der Waals surface area (Å²) in [6, 6.07) is 5.16. The van der Waals surface area contributed by atoms with Crippen molar-refractivity contribution in [2.24, 2.45) is 0 Å². The summed E-state index contributed by atoms with van der Waals surface area (Å²) >= 11 is 0. The molecule has 1 aliphatic heterocycles. The van der Waals surface area contributed by atoms with Crippen LogP contribution in [-0.2, 0) is 0 Å². The molecule has 2 amide bonds. The number of rotatable bonds is 2. The minimum absolute atomic E-state index is 0.220. The van der Waals surface area contributed by atoms with Crippen LogP contribution in [0.5, 0.6) is 11.5 Å². The summed E-state index contributed by atoms with van der Waals surface area (Å²) < 4.78 is 11.0. The van der Waals surface area contributed by atoms with Gasteiger partial charge in [0.1, 0.15) is 0 Å². The van der Waals surface area contributed by atoms with E-state index in [-0.39, 0.29) is 6.03 Å². The van der Waals surface area contributed by atoms with Crippen LogP contribution in [0.15, 0.2) is 18.2 Å². The van der Waals surface area contributed by atoms with Gasteiger partial charge in [0.25, 0.3) is 0 Å². The molecule has 5 nitrogen and oxygen atoms in total. The van der Waals surface area contributed by atoms with E-state index >= 15 is 0 Å². The van der Waals surface area contributed by atoms with Crippen LogP contribution in [0.25, 0.3) is 0 Å². The lowest BCUT2D eigenvalue weighted by Crippen LogP contribution is -2.28. The first-order valence-corrected chi connectivity index (χ1v) is 5.74. The lowest BCUT2D eigenvalue weighted by molar-refractivity contribution is 0.252. The van der Waals surface area contributed by atoms with Gasteiger partial charge < -0.3 is 20.1 Å². The Labute approximate surface area is 100 Å². The lowest BCUT2D eigenvalue weighted by atomic mass is 10.3. The van der Waals surface area contributed by atoms with Crippen LogP contribution in [-0.4, -0.2) is 25.8 Å². The zero-order chi connectivity index (χ0) is 12.1. The van der Waals surface area contributed by atoms with E-state index in [1.165, 1.54) is 0 Å². The molecular weight excluding hydrogens is 220 g/mol. The van der Waals surface area contributed by atoms with Crippen LogP contribution >= 0.6 is 0 Å². The summed E-state index contributed by atoms with van der Waals surface area (Å²) in [6.45, 7) is 3.76. The Bertz CT molecular complexity index is 407. The standard InChI is InChI=1S/C12H16N2O3/c1-2-13-12(15)14-9-4-5-10-11(8-9)17-7-3-6-16-10/h4-5,8H,2-3,6-7H2,1H3,(H2,13,14,15). The van der Waals surface area contributed by atoms with E-state index in [0.29, 0.717) is 31.2 Å². The third-order valence-electron chi connectivity index (χ3n) is 2.34. The molecule has 0 spiro atoms. The molecule has 1 aromatic carbocycles. The van der Waals surface area contributed by atoms with Gasteiger partial charge in [-0.2, -0.15) is 0 Å². The molecule has 17 heavy (non-hydrogen) atoms. The Morgan fingerprint density at radius 3 is 2.82 bits per heavy atom. The zero-order valence-corrected chi connectivity index (χ0v) is 9.79. The Morgan fingerprint density at radius 2 is 2.06 bits per heavy atom. The number of hydrogen-bond donors (Lipinski definition) is 2. The van der Waals surface area contributed by atoms with Gasteiger partial charge >= 0.3 is 6.03 Å². The molecule has 2 rings (SSSR count). The van der Waals surface area contributed by atoms with Crippen LogP contribution in [0, 0.1) is 0 Å². The third-order valence-corrected chi connectivity index (χ3v) is 2.34. The molecule has 5 heteroatoms. The average Bonchev–Trinajstić information content (AvgIpc) is 2.53. The summed E-state index contributed by atoms with van der Waals surface area (Å²) in [7, 11) is 0. The fraction of sp³-hybridized carbons (Fsp3) is 0.417. The van der Waals surface area contributed by atoms with Crippen molar-refractivity contribution in [2.45, 2.75) is 13.3 Å². The number of ether oxygens (including phenoxy) is 2. The molecule has 92 valence electrons. The number of carbonyl (C=O) groups is 1. The third kappa shape index (κ3) is 3.03. The van der Waals surface area contributed by atoms with E-state index < -0.39 is 0 Å². The summed E-state index contributed by atoms with van der Waals surface area (Å²) in [5, 5.41) is 5.39. The van der Waals surface area contributed by atoms with E-state index in [0.717, 1.165) is 12.2 Å². The van der Waals surface area contributed by atoms with E-state index in [2.05, 4.69) is 10.6 Å². The van der Waals surface area contributed by atoms with Crippen molar-refractivity contribution in [1.29, 1.82) is 0 Å². The van der Waals surface area contributed by atoms with Crippen LogP contribution in [0.1, 0.15) is 13.3 Å². The minimum atomic E-state index is -0.220. The van der Waals surface area contributed by atoms with Gasteiger partial charge in [-0.15, -0.1) is 0 Å². The van der Waals surface area contributed by atoms with Crippen molar-refractivity contribution < 1.29 is 14.3 Å². The molecule has 0 fully saturated rings. The molecule has 0 radical (unpaired) electrons. The molecule has 0 unspecified atom stereocenters. The number of carbonyl (C=O) groups excluding carboxylic acids is 1. The maximum Gasteiger partial charge on any atom is 0.319 e. The molecule has 1 aliphatic rings. The van der Waals surface area contributed by atoms with Crippen LogP contribution in [0.4, 0.5) is 10.5 Å². The second kappa shape index (κ2) is 5.43. The van der Waals surface area contributed by atoms with Gasteiger partial charge in [0, 0.05) is 24.7 Å². The van der Waals surface area contributed by atoms with Gasteiger partial charge in [-0.25, -0.2) is 4.79 Å². The number of benzene rings is 1. The predicted molar refractivity (Wildman–Crippen MR) is 64.7 cm³/mol. The first kappa shape index (κ1) is 11.6. The summed E-state index contributed by atoms with van der Waals surface area (Å²) in [5.74, 6) is 1.40. The molecule has 1 heterocycles. The van der Waals surface area contributed by atoms with E-state index in [9.17, 15) is 4.79 Å². The summed E-state index contributed by atoms with van der Waals surface area (Å²) in [4.78, 5) is 11.4. The lowest BCUT2D eigenvalue weighted by Gasteiger charge is -2.10. The van der Waals surface area contributed by atoms with Crippen LogP contribution in [0.2, 0.25) is 0 Å². The second-order valence-electron chi connectivity index (χ2n) is 3.70. The Balaban J connectivity index is 2.09. The highest BCUT2D eigenvalue weighted by atomic mass is 16.5. The fourth-order valence-corrected chi connectivity index (χ4v) is 1.58. The van der Waals surface area contributed by atoms with Crippen molar-refractivity contribution >= 4 is 11.7 Å². The zero-order valence-electron chi connectivity index (χ0n) is 9.79. The molecule has 1 aromatic rings. The first-order valence-electron chi connectivity index (χ1n) is 5.74. The van der Waals surface area contributed by atoms with Crippen molar-refractivity contribution in [1.82, 2.24) is 5.32 Å². The van der Waals surface area contributed by atoms with Gasteiger partial charge in [-0.1, -0.05) is 0 Å². The quantitative estimate of drug-likeness (QED) is 0.825. The number of hydrogen-bond acceptors (Lipinski definition) is 3. The number of nitrogens with one attached hydrogen (secondary N) is 2. The highest BCUT2D eigenvalue weighted by molar-refractivity contribution is 5.89. The average molecular weight is 236 g/mol. The van der Waals surface area contributed by atoms with E-state index in [4.69, 9.17) is 9.47 Å². The molecular formula is C12H16N2O3. The number of urea groups is 1. The van der Waals surface area contributed by atoms with Crippen molar-refractivity contribution in [2.75, 3.05) is 25.1 Å². The van der Waals surface area contributed by atoms with Crippen LogP contribution < -0.4 is 20.1 Å². The molecule has 0 aromatic heterocycles. The molecule has 0 saturated carbocycles. The second-order valence-corrected chi connectivity index (χ2v) is 3.70. The molecule has 0 atom stereocenters. The summed E-state index contributed by atoms with van der Waals surface area (Å²) in [6.07, 6.45) is 0.869. The van der Waals surface area contributed by atoms with Gasteiger partial charge in [0.2, 0.25) is 0 Å². The van der Waals surface area contributed by atoms with E-state index in [1.807, 2.05) is 13.0 Å². The van der Waals surface area contributed by atoms with Gasteiger partial charge in [0.15, 0.2) is 11.5 Å². The number of amides is 2.